The van der Waals surface area contributed by atoms with Crippen molar-refractivity contribution in [3.8, 4) is 5.75 Å². The zero-order valence-electron chi connectivity index (χ0n) is 9.53. The van der Waals surface area contributed by atoms with Gasteiger partial charge in [-0.05, 0) is 24.5 Å². The molecule has 0 aliphatic rings. The Morgan fingerprint density at radius 3 is 2.60 bits per heavy atom. The second kappa shape index (κ2) is 7.93. The molecule has 0 fully saturated rings. The molecule has 1 rings (SSSR count). The summed E-state index contributed by atoms with van der Waals surface area (Å²) in [4.78, 5) is 0. The molecule has 0 bridgehead atoms. The van der Waals surface area contributed by atoms with Gasteiger partial charge in [-0.2, -0.15) is 5.92 Å². The first-order chi connectivity index (χ1) is 6.74. The van der Waals surface area contributed by atoms with Crippen molar-refractivity contribution in [1.29, 1.82) is 0 Å². The van der Waals surface area contributed by atoms with Crippen molar-refractivity contribution >= 4 is 0 Å². The van der Waals surface area contributed by atoms with E-state index in [-0.39, 0.29) is 21.1 Å². The van der Waals surface area contributed by atoms with Crippen LogP contribution >= 0.6 is 0 Å². The number of hydrogen-bond acceptors (Lipinski definition) is 1. The minimum Gasteiger partial charge on any atom is -0.493 e. The second-order valence-electron chi connectivity index (χ2n) is 3.77. The van der Waals surface area contributed by atoms with E-state index in [0.29, 0.717) is 5.92 Å². The fraction of sp³-hybridized carbons (Fsp3) is 0.462. The molecule has 1 nitrogen and oxygen atoms in total. The summed E-state index contributed by atoms with van der Waals surface area (Å²) in [7, 11) is 0. The fourth-order valence-corrected chi connectivity index (χ4v) is 1.40. The first-order valence-corrected chi connectivity index (χ1v) is 5.27. The van der Waals surface area contributed by atoms with E-state index in [1.165, 1.54) is 5.56 Å². The van der Waals surface area contributed by atoms with E-state index in [0.717, 1.165) is 25.2 Å². The van der Waals surface area contributed by atoms with Crippen LogP contribution < -0.4 is 4.74 Å². The van der Waals surface area contributed by atoms with Crippen molar-refractivity contribution in [1.82, 2.24) is 0 Å². The Morgan fingerprint density at radius 2 is 2.00 bits per heavy atom. The topological polar surface area (TPSA) is 9.23 Å². The maximum absolute atomic E-state index is 5.66. The van der Waals surface area contributed by atoms with Gasteiger partial charge in [0.15, 0.2) is 0 Å². The van der Waals surface area contributed by atoms with Crippen LogP contribution in [0.5, 0.6) is 5.75 Å². The van der Waals surface area contributed by atoms with Gasteiger partial charge in [-0.15, -0.1) is 0 Å². The van der Waals surface area contributed by atoms with Gasteiger partial charge >= 0.3 is 0 Å². The third-order valence-electron chi connectivity index (χ3n) is 2.00. The summed E-state index contributed by atoms with van der Waals surface area (Å²) < 4.78 is 5.66. The molecule has 0 heterocycles. The van der Waals surface area contributed by atoms with Gasteiger partial charge in [0.05, 0.1) is 6.61 Å². The number of rotatable bonds is 5. The van der Waals surface area contributed by atoms with Gasteiger partial charge in [0.1, 0.15) is 5.75 Å². The molecule has 0 aromatic heterocycles. The van der Waals surface area contributed by atoms with Crippen LogP contribution in [0, 0.1) is 12.8 Å². The molecule has 84 valence electrons. The Labute approximate surface area is 107 Å². The molecule has 0 saturated carbocycles. The molecule has 0 spiro atoms. The zero-order valence-corrected chi connectivity index (χ0v) is 12.5. The van der Waals surface area contributed by atoms with Gasteiger partial charge in [0, 0.05) is 21.1 Å². The summed E-state index contributed by atoms with van der Waals surface area (Å²) in [5.41, 5.74) is 1.27. The molecule has 0 N–H and O–H groups in total. The van der Waals surface area contributed by atoms with Crippen LogP contribution in [0.4, 0.5) is 0 Å². The SMILES string of the molecule is [CH2-][C@H](C)Cc1ccccc1OCCC.[W]. The van der Waals surface area contributed by atoms with Crippen LogP contribution in [0.15, 0.2) is 24.3 Å². The molecule has 1 aromatic rings. The molecule has 15 heavy (non-hydrogen) atoms. The van der Waals surface area contributed by atoms with Gasteiger partial charge < -0.3 is 11.7 Å². The number of benzene rings is 1. The summed E-state index contributed by atoms with van der Waals surface area (Å²) in [6, 6.07) is 8.22. The van der Waals surface area contributed by atoms with Crippen LogP contribution in [-0.2, 0) is 27.5 Å². The Bertz CT molecular complexity index is 271. The predicted molar refractivity (Wildman–Crippen MR) is 60.5 cm³/mol. The van der Waals surface area contributed by atoms with E-state index in [2.05, 4.69) is 32.9 Å². The van der Waals surface area contributed by atoms with Gasteiger partial charge in [-0.25, -0.2) is 0 Å². The smallest absolute Gasteiger partial charge is 0.122 e. The first-order valence-electron chi connectivity index (χ1n) is 5.27. The number of para-hydroxylation sites is 1. The number of ether oxygens (including phenoxy) is 1. The van der Waals surface area contributed by atoms with Gasteiger partial charge in [-0.3, -0.25) is 0 Å². The standard InChI is InChI=1S/C13H19O.W/c1-4-9-14-13-8-6-5-7-12(13)10-11(2)3;/h5-8,11H,2,4,9-10H2,1,3H3;/q-1;/t11-;/m1./s1. The van der Waals surface area contributed by atoms with E-state index in [1.807, 2.05) is 12.1 Å². The molecule has 0 unspecified atom stereocenters. The summed E-state index contributed by atoms with van der Waals surface area (Å²) in [5, 5.41) is 0. The maximum atomic E-state index is 5.66. The largest absolute Gasteiger partial charge is 0.493 e. The Balaban J connectivity index is 0.00000196. The Morgan fingerprint density at radius 1 is 1.33 bits per heavy atom. The third-order valence-corrected chi connectivity index (χ3v) is 2.00. The molecule has 0 aliphatic heterocycles. The average molecular weight is 375 g/mol. The van der Waals surface area contributed by atoms with Crippen LogP contribution in [-0.4, -0.2) is 6.61 Å². The summed E-state index contributed by atoms with van der Waals surface area (Å²) in [5.74, 6) is 1.45. The molecule has 2 heteroatoms. The Hall–Kier alpha value is -0.292. The first kappa shape index (κ1) is 14.7. The van der Waals surface area contributed by atoms with Gasteiger partial charge in [-0.1, -0.05) is 32.0 Å². The summed E-state index contributed by atoms with van der Waals surface area (Å²) in [6.45, 7) is 9.03. The van der Waals surface area contributed by atoms with Crippen LogP contribution in [0.25, 0.3) is 0 Å². The van der Waals surface area contributed by atoms with Crippen molar-refractivity contribution in [3.63, 3.8) is 0 Å². The van der Waals surface area contributed by atoms with Crippen molar-refractivity contribution in [2.24, 2.45) is 5.92 Å². The van der Waals surface area contributed by atoms with Crippen molar-refractivity contribution in [2.45, 2.75) is 26.7 Å². The molecule has 0 saturated heterocycles. The molecule has 0 radical (unpaired) electrons. The minimum atomic E-state index is 0. The van der Waals surface area contributed by atoms with Gasteiger partial charge in [0.2, 0.25) is 0 Å². The van der Waals surface area contributed by atoms with E-state index in [9.17, 15) is 0 Å². The quantitative estimate of drug-likeness (QED) is 0.717. The molecular formula is C13H19OW-. The maximum Gasteiger partial charge on any atom is 0.122 e. The van der Waals surface area contributed by atoms with Crippen molar-refractivity contribution in [2.75, 3.05) is 6.61 Å². The Kier molecular flexibility index (Phi) is 7.78. The van der Waals surface area contributed by atoms with E-state index >= 15 is 0 Å². The van der Waals surface area contributed by atoms with Crippen LogP contribution in [0.3, 0.4) is 0 Å². The molecule has 1 aromatic carbocycles. The molecule has 0 aliphatic carbocycles. The van der Waals surface area contributed by atoms with Crippen LogP contribution in [0.1, 0.15) is 25.8 Å². The summed E-state index contributed by atoms with van der Waals surface area (Å²) in [6.07, 6.45) is 2.04. The van der Waals surface area contributed by atoms with Gasteiger partial charge in [0.25, 0.3) is 0 Å². The fourth-order valence-electron chi connectivity index (χ4n) is 1.40. The van der Waals surface area contributed by atoms with E-state index in [1.54, 1.807) is 0 Å². The normalized spacial score (nSPS) is 11.7. The van der Waals surface area contributed by atoms with Crippen molar-refractivity contribution in [3.05, 3.63) is 36.8 Å². The number of hydrogen-bond donors (Lipinski definition) is 0. The van der Waals surface area contributed by atoms with E-state index in [4.69, 9.17) is 4.74 Å². The predicted octanol–water partition coefficient (Wildman–Crippen LogP) is 3.49. The van der Waals surface area contributed by atoms with Crippen molar-refractivity contribution < 1.29 is 25.8 Å². The average Bonchev–Trinajstić information content (AvgIpc) is 2.16. The molecular weight excluding hydrogens is 356 g/mol. The second-order valence-corrected chi connectivity index (χ2v) is 3.77. The minimum absolute atomic E-state index is 0. The zero-order chi connectivity index (χ0) is 10.4. The third kappa shape index (κ3) is 5.37. The molecule has 1 atom stereocenters. The molecule has 0 amide bonds. The van der Waals surface area contributed by atoms with E-state index < -0.39 is 0 Å². The summed E-state index contributed by atoms with van der Waals surface area (Å²) >= 11 is 0. The van der Waals surface area contributed by atoms with Crippen LogP contribution in [0.2, 0.25) is 0 Å². The monoisotopic (exact) mass is 375 g/mol.